The maximum absolute atomic E-state index is 12.1. The Balaban J connectivity index is 2.15. The molecule has 0 spiro atoms. The third-order valence-electron chi connectivity index (χ3n) is 2.63. The normalized spacial score (nSPS) is 10.1. The smallest absolute Gasteiger partial charge is 0.306 e. The molecular formula is C14H13ClN2OS. The first kappa shape index (κ1) is 13.8. The third kappa shape index (κ3) is 3.43. The minimum absolute atomic E-state index is 0.333. The van der Waals surface area contributed by atoms with Crippen LogP contribution in [0.2, 0.25) is 5.02 Å². The van der Waals surface area contributed by atoms with Gasteiger partial charge in [0.15, 0.2) is 0 Å². The molecule has 0 aliphatic carbocycles. The number of amides is 2. The molecule has 2 rings (SSSR count). The summed E-state index contributed by atoms with van der Waals surface area (Å²) in [6.45, 7) is 1.90. The molecule has 0 atom stereocenters. The van der Waals surface area contributed by atoms with E-state index in [1.165, 1.54) is 4.31 Å². The maximum atomic E-state index is 12.1. The highest BCUT2D eigenvalue weighted by atomic mass is 35.5. The predicted molar refractivity (Wildman–Crippen MR) is 83.1 cm³/mol. The average Bonchev–Trinajstić information content (AvgIpc) is 2.43. The summed E-state index contributed by atoms with van der Waals surface area (Å²) in [5.41, 5.74) is 2.31. The Hall–Kier alpha value is -1.65. The largest absolute Gasteiger partial charge is 0.336 e. The van der Waals surface area contributed by atoms with Gasteiger partial charge in [0, 0.05) is 10.7 Å². The van der Waals surface area contributed by atoms with E-state index >= 15 is 0 Å². The lowest BCUT2D eigenvalue weighted by Gasteiger charge is -2.17. The summed E-state index contributed by atoms with van der Waals surface area (Å²) in [5.74, 6) is 0. The van der Waals surface area contributed by atoms with Crippen molar-refractivity contribution in [2.75, 3.05) is 9.62 Å². The maximum Gasteiger partial charge on any atom is 0.336 e. The number of para-hydroxylation sites is 1. The second kappa shape index (κ2) is 5.99. The number of nitrogens with one attached hydrogen (secondary N) is 1. The summed E-state index contributed by atoms with van der Waals surface area (Å²) in [6, 6.07) is 14.2. The van der Waals surface area contributed by atoms with Gasteiger partial charge in [0.1, 0.15) is 0 Å². The zero-order valence-electron chi connectivity index (χ0n) is 10.3. The molecule has 0 bridgehead atoms. The number of halogens is 1. The van der Waals surface area contributed by atoms with Crippen molar-refractivity contribution in [1.82, 2.24) is 0 Å². The van der Waals surface area contributed by atoms with Gasteiger partial charge in [-0.3, -0.25) is 0 Å². The molecule has 0 aliphatic heterocycles. The van der Waals surface area contributed by atoms with E-state index in [1.54, 1.807) is 24.3 Å². The summed E-state index contributed by atoms with van der Waals surface area (Å²) in [7, 11) is 0. The van der Waals surface area contributed by atoms with Gasteiger partial charge in [0.05, 0.1) is 5.69 Å². The van der Waals surface area contributed by atoms with Crippen LogP contribution in [-0.2, 0) is 0 Å². The molecule has 0 heterocycles. The van der Waals surface area contributed by atoms with E-state index in [2.05, 4.69) is 18.1 Å². The molecule has 0 aliphatic rings. The molecule has 0 saturated heterocycles. The Morgan fingerprint density at radius 2 is 1.89 bits per heavy atom. The van der Waals surface area contributed by atoms with Crippen LogP contribution >= 0.6 is 24.4 Å². The summed E-state index contributed by atoms with van der Waals surface area (Å²) < 4.78 is 1.25. The van der Waals surface area contributed by atoms with Crippen molar-refractivity contribution in [2.24, 2.45) is 0 Å². The molecule has 0 fully saturated rings. The van der Waals surface area contributed by atoms with Crippen molar-refractivity contribution in [3.8, 4) is 0 Å². The Kier molecular flexibility index (Phi) is 4.35. The number of aryl methyl sites for hydroxylation is 1. The van der Waals surface area contributed by atoms with Gasteiger partial charge in [-0.1, -0.05) is 48.7 Å². The van der Waals surface area contributed by atoms with Crippen molar-refractivity contribution in [3.05, 3.63) is 59.1 Å². The molecule has 5 heteroatoms. The van der Waals surface area contributed by atoms with E-state index < -0.39 is 0 Å². The molecule has 3 nitrogen and oxygen atoms in total. The van der Waals surface area contributed by atoms with Crippen LogP contribution in [0, 0.1) is 6.92 Å². The molecule has 2 aromatic carbocycles. The number of hydrogen-bond acceptors (Lipinski definition) is 2. The molecule has 0 unspecified atom stereocenters. The Morgan fingerprint density at radius 1 is 1.21 bits per heavy atom. The molecule has 2 aromatic rings. The molecule has 0 aromatic heterocycles. The van der Waals surface area contributed by atoms with Crippen molar-refractivity contribution in [2.45, 2.75) is 6.92 Å². The molecular weight excluding hydrogens is 280 g/mol. The first-order valence-corrected chi connectivity index (χ1v) is 6.47. The molecule has 2 amide bonds. The van der Waals surface area contributed by atoms with E-state index in [4.69, 9.17) is 11.6 Å². The van der Waals surface area contributed by atoms with Gasteiger partial charge in [0.25, 0.3) is 0 Å². The summed E-state index contributed by atoms with van der Waals surface area (Å²) >= 11 is 10.1. The topological polar surface area (TPSA) is 32.3 Å². The first-order chi connectivity index (χ1) is 9.08. The molecule has 1 N–H and O–H groups in total. The highest BCUT2D eigenvalue weighted by Crippen LogP contribution is 2.22. The zero-order chi connectivity index (χ0) is 13.8. The van der Waals surface area contributed by atoms with Crippen LogP contribution in [0.15, 0.2) is 48.5 Å². The van der Waals surface area contributed by atoms with Crippen LogP contribution in [0.1, 0.15) is 5.56 Å². The summed E-state index contributed by atoms with van der Waals surface area (Å²) in [4.78, 5) is 12.1. The number of benzene rings is 2. The Labute approximate surface area is 122 Å². The average molecular weight is 293 g/mol. The van der Waals surface area contributed by atoms with E-state index in [9.17, 15) is 4.79 Å². The number of thiol groups is 1. The van der Waals surface area contributed by atoms with Crippen LogP contribution in [-0.4, -0.2) is 6.03 Å². The summed E-state index contributed by atoms with van der Waals surface area (Å²) in [5, 5.41) is 3.35. The predicted octanol–water partition coefficient (Wildman–Crippen LogP) is 4.53. The third-order valence-corrected chi connectivity index (χ3v) is 3.28. The highest BCUT2D eigenvalue weighted by Gasteiger charge is 2.12. The number of nitrogens with zero attached hydrogens (tertiary/aromatic N) is 1. The number of carbonyl (C=O) groups is 1. The van der Waals surface area contributed by atoms with Crippen molar-refractivity contribution in [1.29, 1.82) is 0 Å². The first-order valence-electron chi connectivity index (χ1n) is 5.69. The van der Waals surface area contributed by atoms with Gasteiger partial charge in [-0.25, -0.2) is 9.10 Å². The van der Waals surface area contributed by atoms with Gasteiger partial charge >= 0.3 is 6.03 Å². The Bertz CT molecular complexity index is 589. The number of anilines is 2. The van der Waals surface area contributed by atoms with E-state index in [0.29, 0.717) is 16.4 Å². The Morgan fingerprint density at radius 3 is 2.58 bits per heavy atom. The van der Waals surface area contributed by atoms with Gasteiger partial charge in [0.2, 0.25) is 0 Å². The monoisotopic (exact) mass is 292 g/mol. The lowest BCUT2D eigenvalue weighted by Crippen LogP contribution is -2.27. The van der Waals surface area contributed by atoms with Crippen LogP contribution < -0.4 is 9.62 Å². The quantitative estimate of drug-likeness (QED) is 0.783. The van der Waals surface area contributed by atoms with Gasteiger partial charge in [-0.2, -0.15) is 0 Å². The molecule has 19 heavy (non-hydrogen) atoms. The van der Waals surface area contributed by atoms with Crippen molar-refractivity contribution in [3.63, 3.8) is 0 Å². The SMILES string of the molecule is Cc1ccc(Cl)cc1NC(=O)N(S)c1ccccc1. The van der Waals surface area contributed by atoms with Crippen molar-refractivity contribution < 1.29 is 4.79 Å². The minimum atomic E-state index is -0.333. The van der Waals surface area contributed by atoms with Gasteiger partial charge < -0.3 is 5.32 Å². The number of urea groups is 1. The van der Waals surface area contributed by atoms with Crippen LogP contribution in [0.25, 0.3) is 0 Å². The second-order valence-electron chi connectivity index (χ2n) is 4.04. The standard InChI is InChI=1S/C14H13ClN2OS/c1-10-7-8-11(15)9-13(10)16-14(18)17(19)12-5-3-2-4-6-12/h2-9,19H,1H3,(H,16,18). The lowest BCUT2D eigenvalue weighted by molar-refractivity contribution is 0.260. The zero-order valence-corrected chi connectivity index (χ0v) is 11.9. The van der Waals surface area contributed by atoms with Crippen LogP contribution in [0.3, 0.4) is 0 Å². The molecule has 0 radical (unpaired) electrons. The molecule has 0 saturated carbocycles. The van der Waals surface area contributed by atoms with Gasteiger partial charge in [-0.15, -0.1) is 0 Å². The number of carbonyl (C=O) groups excluding carboxylic acids is 1. The van der Waals surface area contributed by atoms with E-state index in [0.717, 1.165) is 5.56 Å². The minimum Gasteiger partial charge on any atom is -0.306 e. The lowest BCUT2D eigenvalue weighted by atomic mass is 10.2. The van der Waals surface area contributed by atoms with Crippen molar-refractivity contribution >= 4 is 41.8 Å². The fraction of sp³-hybridized carbons (Fsp3) is 0.0714. The van der Waals surface area contributed by atoms with E-state index in [-0.39, 0.29) is 6.03 Å². The van der Waals surface area contributed by atoms with E-state index in [1.807, 2.05) is 31.2 Å². The van der Waals surface area contributed by atoms with Gasteiger partial charge in [-0.05, 0) is 36.8 Å². The van der Waals surface area contributed by atoms with Crippen LogP contribution in [0.5, 0.6) is 0 Å². The summed E-state index contributed by atoms with van der Waals surface area (Å²) in [6.07, 6.45) is 0. The number of rotatable bonds is 2. The fourth-order valence-corrected chi connectivity index (χ4v) is 1.94. The highest BCUT2D eigenvalue weighted by molar-refractivity contribution is 7.82. The number of hydrogen-bond donors (Lipinski definition) is 2. The second-order valence-corrected chi connectivity index (χ2v) is 4.87. The van der Waals surface area contributed by atoms with Crippen LogP contribution in [0.4, 0.5) is 16.2 Å². The molecule has 98 valence electrons. The fourth-order valence-electron chi connectivity index (χ4n) is 1.58.